The van der Waals surface area contributed by atoms with Crippen LogP contribution in [0.3, 0.4) is 0 Å². The summed E-state index contributed by atoms with van der Waals surface area (Å²) in [6.45, 7) is 9.55. The molecule has 4 aromatic rings. The zero-order valence-corrected chi connectivity index (χ0v) is 29.0. The summed E-state index contributed by atoms with van der Waals surface area (Å²) in [4.78, 5) is 15.7. The Kier molecular flexibility index (Phi) is 8.82. The smallest absolute Gasteiger partial charge is 0.319 e. The van der Waals surface area contributed by atoms with Crippen molar-refractivity contribution in [2.75, 3.05) is 30.9 Å². The Morgan fingerprint density at radius 3 is 2.53 bits per heavy atom. The van der Waals surface area contributed by atoms with Crippen LogP contribution >= 0.6 is 0 Å². The fraction of sp³-hybridized carbons (Fsp3) is 0.472. The van der Waals surface area contributed by atoms with Gasteiger partial charge in [-0.2, -0.15) is 0 Å². The Balaban J connectivity index is 1.18. The van der Waals surface area contributed by atoms with E-state index in [-0.39, 0.29) is 34.9 Å². The summed E-state index contributed by atoms with van der Waals surface area (Å²) in [5.41, 5.74) is 5.08. The minimum atomic E-state index is -3.11. The number of nitrogens with zero attached hydrogens (tertiary/aromatic N) is 4. The van der Waals surface area contributed by atoms with Crippen molar-refractivity contribution in [2.45, 2.75) is 82.9 Å². The first-order valence-corrected chi connectivity index (χ1v) is 18.5. The summed E-state index contributed by atoms with van der Waals surface area (Å²) >= 11 is 0. The number of ether oxygens (including phenoxy) is 1. The lowest BCUT2D eigenvalue weighted by Crippen LogP contribution is -2.37. The molecule has 0 unspecified atom stereocenters. The van der Waals surface area contributed by atoms with E-state index in [1.807, 2.05) is 48.7 Å². The molecule has 2 aromatic carbocycles. The van der Waals surface area contributed by atoms with Crippen molar-refractivity contribution in [1.82, 2.24) is 24.8 Å². The van der Waals surface area contributed by atoms with Crippen molar-refractivity contribution < 1.29 is 17.9 Å². The van der Waals surface area contributed by atoms with E-state index < -0.39 is 9.84 Å². The van der Waals surface area contributed by atoms with Gasteiger partial charge in [0.1, 0.15) is 21.7 Å². The third kappa shape index (κ3) is 7.16. The quantitative estimate of drug-likeness (QED) is 0.227. The SMILES string of the molecule is CN1CCC[C@@]1(C)c1nnc2ccc(O[C@@H]3CC[C@H](NC(=O)Nc4cc(CCS(C)(=O)=O)cc(C(C)(C)C)c4)c4ccccc43)cn12. The molecule has 3 atom stereocenters. The van der Waals surface area contributed by atoms with E-state index in [1.165, 1.54) is 6.26 Å². The van der Waals surface area contributed by atoms with Crippen LogP contribution in [-0.2, 0) is 27.2 Å². The molecule has 2 amide bonds. The van der Waals surface area contributed by atoms with E-state index in [1.54, 1.807) is 0 Å². The summed E-state index contributed by atoms with van der Waals surface area (Å²) in [6.07, 6.45) is 7.04. The number of benzene rings is 2. The number of carbonyl (C=O) groups is 1. The number of hydrogen-bond donors (Lipinski definition) is 2. The second-order valence-corrected chi connectivity index (χ2v) is 16.7. The number of anilines is 1. The second-order valence-electron chi connectivity index (χ2n) is 14.4. The van der Waals surface area contributed by atoms with E-state index in [0.29, 0.717) is 18.5 Å². The maximum atomic E-state index is 13.4. The van der Waals surface area contributed by atoms with Gasteiger partial charge in [0.15, 0.2) is 11.5 Å². The molecule has 1 aliphatic heterocycles. The van der Waals surface area contributed by atoms with Crippen molar-refractivity contribution in [2.24, 2.45) is 0 Å². The van der Waals surface area contributed by atoms with Gasteiger partial charge in [0.2, 0.25) is 0 Å². The molecular formula is C36H46N6O4S. The molecule has 2 aliphatic rings. The van der Waals surface area contributed by atoms with Gasteiger partial charge in [-0.05, 0) is 105 Å². The van der Waals surface area contributed by atoms with Crippen LogP contribution in [0.2, 0.25) is 0 Å². The molecule has 0 saturated carbocycles. The molecule has 6 rings (SSSR count). The third-order valence-corrected chi connectivity index (χ3v) is 10.7. The number of rotatable bonds is 8. The molecule has 2 aromatic heterocycles. The Bertz CT molecular complexity index is 1900. The van der Waals surface area contributed by atoms with Crippen molar-refractivity contribution >= 4 is 27.2 Å². The highest BCUT2D eigenvalue weighted by Crippen LogP contribution is 2.40. The average molecular weight is 659 g/mol. The molecule has 0 bridgehead atoms. The van der Waals surface area contributed by atoms with Crippen LogP contribution in [0.4, 0.5) is 10.5 Å². The highest BCUT2D eigenvalue weighted by Gasteiger charge is 2.40. The number of aryl methyl sites for hydroxylation is 1. The van der Waals surface area contributed by atoms with E-state index in [0.717, 1.165) is 65.3 Å². The first-order chi connectivity index (χ1) is 22.2. The molecule has 3 heterocycles. The van der Waals surface area contributed by atoms with Gasteiger partial charge in [-0.3, -0.25) is 9.30 Å². The average Bonchev–Trinajstić information content (AvgIpc) is 3.59. The number of aromatic nitrogens is 3. The van der Waals surface area contributed by atoms with Crippen molar-refractivity contribution in [3.05, 3.63) is 88.9 Å². The Hall–Kier alpha value is -3.96. The summed E-state index contributed by atoms with van der Waals surface area (Å²) in [6, 6.07) is 17.4. The lowest BCUT2D eigenvalue weighted by Gasteiger charge is -2.32. The number of fused-ring (bicyclic) bond motifs is 2. The van der Waals surface area contributed by atoms with Crippen LogP contribution in [0.1, 0.15) is 93.6 Å². The highest BCUT2D eigenvalue weighted by atomic mass is 32.2. The molecule has 47 heavy (non-hydrogen) atoms. The summed E-state index contributed by atoms with van der Waals surface area (Å²) in [7, 11) is -0.975. The molecule has 0 radical (unpaired) electrons. The number of amides is 2. The summed E-state index contributed by atoms with van der Waals surface area (Å²) < 4.78 is 32.3. The zero-order valence-electron chi connectivity index (χ0n) is 28.2. The van der Waals surface area contributed by atoms with Gasteiger partial charge in [-0.25, -0.2) is 13.2 Å². The van der Waals surface area contributed by atoms with Gasteiger partial charge in [-0.1, -0.05) is 51.1 Å². The van der Waals surface area contributed by atoms with Crippen molar-refractivity contribution in [3.63, 3.8) is 0 Å². The van der Waals surface area contributed by atoms with Crippen LogP contribution in [0.25, 0.3) is 5.65 Å². The van der Waals surface area contributed by atoms with Crippen LogP contribution < -0.4 is 15.4 Å². The number of sulfone groups is 1. The normalized spacial score (nSPS) is 21.8. The molecule has 2 N–H and O–H groups in total. The Morgan fingerprint density at radius 1 is 1.06 bits per heavy atom. The van der Waals surface area contributed by atoms with Crippen LogP contribution in [0.15, 0.2) is 60.8 Å². The number of carbonyl (C=O) groups excluding carboxylic acids is 1. The topological polar surface area (TPSA) is 118 Å². The van der Waals surface area contributed by atoms with Crippen LogP contribution in [0.5, 0.6) is 5.75 Å². The molecule has 11 heteroatoms. The van der Waals surface area contributed by atoms with Gasteiger partial charge >= 0.3 is 6.03 Å². The number of pyridine rings is 1. The number of nitrogens with one attached hydrogen (secondary N) is 2. The third-order valence-electron chi connectivity index (χ3n) is 9.75. The summed E-state index contributed by atoms with van der Waals surface area (Å²) in [5.74, 6) is 1.73. The number of likely N-dealkylation sites (tertiary alicyclic amines) is 1. The molecule has 0 spiro atoms. The highest BCUT2D eigenvalue weighted by molar-refractivity contribution is 7.90. The molecule has 1 saturated heterocycles. The lowest BCUT2D eigenvalue weighted by molar-refractivity contribution is 0.170. The van der Waals surface area contributed by atoms with E-state index >= 15 is 0 Å². The summed E-state index contributed by atoms with van der Waals surface area (Å²) in [5, 5.41) is 15.2. The van der Waals surface area contributed by atoms with Crippen molar-refractivity contribution in [3.8, 4) is 5.75 Å². The predicted molar refractivity (Wildman–Crippen MR) is 185 cm³/mol. The minimum absolute atomic E-state index is 0.0548. The minimum Gasteiger partial charge on any atom is -0.484 e. The van der Waals surface area contributed by atoms with Crippen molar-refractivity contribution in [1.29, 1.82) is 0 Å². The second kappa shape index (κ2) is 12.6. The maximum absolute atomic E-state index is 13.4. The van der Waals surface area contributed by atoms with Crippen LogP contribution in [-0.4, -0.2) is 59.5 Å². The fourth-order valence-electron chi connectivity index (χ4n) is 6.85. The van der Waals surface area contributed by atoms with Gasteiger partial charge in [0.25, 0.3) is 0 Å². The standard InChI is InChI=1S/C36H46N6O4S/c1-35(2,3)25-20-24(16-19-47(6,44)45)21-26(22-25)37-34(43)38-30-13-14-31(29-11-8-7-10-28(29)30)46-27-12-15-32-39-40-33(42(32)23-27)36(4)17-9-18-41(36)5/h7-8,10-12,15,20-23,30-31H,9,13-14,16-19H2,1-6H3,(H2,37,38,43)/t30-,31+,36-/m0/s1. The first-order valence-electron chi connectivity index (χ1n) is 16.4. The molecular weight excluding hydrogens is 613 g/mol. The Labute approximate surface area is 277 Å². The fourth-order valence-corrected chi connectivity index (χ4v) is 7.45. The zero-order chi connectivity index (χ0) is 33.6. The maximum Gasteiger partial charge on any atom is 0.319 e. The molecule has 1 aliphatic carbocycles. The lowest BCUT2D eigenvalue weighted by atomic mass is 9.85. The first kappa shape index (κ1) is 33.0. The number of urea groups is 1. The van der Waals surface area contributed by atoms with E-state index in [4.69, 9.17) is 4.74 Å². The molecule has 1 fully saturated rings. The largest absolute Gasteiger partial charge is 0.484 e. The van der Waals surface area contributed by atoms with Gasteiger partial charge in [0, 0.05) is 11.9 Å². The predicted octanol–water partition coefficient (Wildman–Crippen LogP) is 6.33. The van der Waals surface area contributed by atoms with E-state index in [9.17, 15) is 13.2 Å². The monoisotopic (exact) mass is 658 g/mol. The number of hydrogen-bond acceptors (Lipinski definition) is 7. The Morgan fingerprint density at radius 2 is 1.83 bits per heavy atom. The molecule has 10 nitrogen and oxygen atoms in total. The van der Waals surface area contributed by atoms with Crippen LogP contribution in [0, 0.1) is 0 Å². The van der Waals surface area contributed by atoms with Gasteiger partial charge in [-0.15, -0.1) is 10.2 Å². The van der Waals surface area contributed by atoms with Gasteiger partial charge < -0.3 is 15.4 Å². The molecule has 250 valence electrons. The van der Waals surface area contributed by atoms with Gasteiger partial charge in [0.05, 0.1) is 23.5 Å². The van der Waals surface area contributed by atoms with E-state index in [2.05, 4.69) is 77.0 Å².